The van der Waals surface area contributed by atoms with Crippen LogP contribution in [0.5, 0.6) is 5.75 Å². The molecule has 0 aliphatic carbocycles. The second kappa shape index (κ2) is 4.57. The Bertz CT molecular complexity index is 581. The molecular formula is C14H14ClNOS. The summed E-state index contributed by atoms with van der Waals surface area (Å²) in [7, 11) is 0. The molecule has 2 nitrogen and oxygen atoms in total. The lowest BCUT2D eigenvalue weighted by atomic mass is 9.96. The zero-order valence-electron chi connectivity index (χ0n) is 10.0. The van der Waals surface area contributed by atoms with Crippen molar-refractivity contribution in [1.82, 2.24) is 0 Å². The molecule has 0 saturated carbocycles. The minimum Gasteiger partial charge on any atom is -0.484 e. The largest absolute Gasteiger partial charge is 0.484 e. The molecule has 2 N–H and O–H groups in total. The van der Waals surface area contributed by atoms with Crippen LogP contribution in [0.25, 0.3) is 0 Å². The van der Waals surface area contributed by atoms with E-state index in [1.165, 1.54) is 9.75 Å². The number of rotatable bonds is 1. The molecule has 2 atom stereocenters. The third-order valence-electron chi connectivity index (χ3n) is 3.19. The van der Waals surface area contributed by atoms with Gasteiger partial charge >= 0.3 is 0 Å². The van der Waals surface area contributed by atoms with Crippen LogP contribution in [0.1, 0.15) is 33.9 Å². The van der Waals surface area contributed by atoms with Crippen LogP contribution in [0.15, 0.2) is 30.3 Å². The quantitative estimate of drug-likeness (QED) is 0.848. The molecule has 0 radical (unpaired) electrons. The lowest BCUT2D eigenvalue weighted by Crippen LogP contribution is -2.23. The van der Waals surface area contributed by atoms with Gasteiger partial charge in [-0.15, -0.1) is 11.3 Å². The zero-order valence-corrected chi connectivity index (χ0v) is 11.6. The Kier molecular flexibility index (Phi) is 3.06. The van der Waals surface area contributed by atoms with E-state index in [1.807, 2.05) is 18.2 Å². The van der Waals surface area contributed by atoms with Crippen molar-refractivity contribution in [3.05, 3.63) is 50.7 Å². The summed E-state index contributed by atoms with van der Waals surface area (Å²) in [5.41, 5.74) is 7.22. The van der Waals surface area contributed by atoms with Crippen LogP contribution >= 0.6 is 22.9 Å². The number of thiophene rings is 1. The van der Waals surface area contributed by atoms with E-state index < -0.39 is 0 Å². The number of fused-ring (bicyclic) bond motifs is 1. The number of ether oxygens (including phenoxy) is 1. The van der Waals surface area contributed by atoms with Crippen molar-refractivity contribution in [2.75, 3.05) is 0 Å². The predicted molar refractivity (Wildman–Crippen MR) is 75.4 cm³/mol. The van der Waals surface area contributed by atoms with Gasteiger partial charge in [-0.05, 0) is 37.3 Å². The number of benzene rings is 1. The fraction of sp³-hybridized carbons (Fsp3) is 0.286. The van der Waals surface area contributed by atoms with Crippen molar-refractivity contribution in [1.29, 1.82) is 0 Å². The van der Waals surface area contributed by atoms with Gasteiger partial charge in [0.2, 0.25) is 0 Å². The van der Waals surface area contributed by atoms with E-state index in [-0.39, 0.29) is 12.1 Å². The van der Waals surface area contributed by atoms with Gasteiger partial charge in [0.25, 0.3) is 0 Å². The number of hydrogen-bond donors (Lipinski definition) is 1. The molecule has 1 aliphatic heterocycles. The lowest BCUT2D eigenvalue weighted by Gasteiger charge is -2.29. The van der Waals surface area contributed by atoms with Crippen molar-refractivity contribution in [3.63, 3.8) is 0 Å². The molecule has 3 rings (SSSR count). The third-order valence-corrected chi connectivity index (χ3v) is 4.51. The van der Waals surface area contributed by atoms with E-state index in [0.717, 1.165) is 17.7 Å². The van der Waals surface area contributed by atoms with Crippen LogP contribution in [0.4, 0.5) is 0 Å². The third kappa shape index (κ3) is 2.14. The maximum atomic E-state index is 6.22. The van der Waals surface area contributed by atoms with E-state index in [0.29, 0.717) is 5.02 Å². The summed E-state index contributed by atoms with van der Waals surface area (Å²) in [6.07, 6.45) is 0.861. The molecule has 2 heterocycles. The second-order valence-corrected chi connectivity index (χ2v) is 6.34. The maximum absolute atomic E-state index is 6.22. The molecule has 4 heteroatoms. The molecule has 94 valence electrons. The normalized spacial score (nSPS) is 22.4. The Morgan fingerprint density at radius 2 is 2.17 bits per heavy atom. The van der Waals surface area contributed by atoms with Crippen molar-refractivity contribution < 1.29 is 4.74 Å². The summed E-state index contributed by atoms with van der Waals surface area (Å²) in [5.74, 6) is 0.856. The topological polar surface area (TPSA) is 35.2 Å². The summed E-state index contributed by atoms with van der Waals surface area (Å²) in [4.78, 5) is 2.53. The highest BCUT2D eigenvalue weighted by molar-refractivity contribution is 7.12. The van der Waals surface area contributed by atoms with Crippen LogP contribution in [-0.4, -0.2) is 0 Å². The molecule has 0 bridgehead atoms. The maximum Gasteiger partial charge on any atom is 0.135 e. The van der Waals surface area contributed by atoms with E-state index >= 15 is 0 Å². The molecule has 2 aromatic rings. The zero-order chi connectivity index (χ0) is 12.7. The monoisotopic (exact) mass is 279 g/mol. The van der Waals surface area contributed by atoms with Gasteiger partial charge in [0.1, 0.15) is 11.9 Å². The van der Waals surface area contributed by atoms with Gasteiger partial charge in [0, 0.05) is 32.8 Å². The lowest BCUT2D eigenvalue weighted by molar-refractivity contribution is 0.165. The molecule has 1 aromatic heterocycles. The first-order chi connectivity index (χ1) is 8.63. The first-order valence-electron chi connectivity index (χ1n) is 5.91. The van der Waals surface area contributed by atoms with Crippen molar-refractivity contribution in [2.24, 2.45) is 5.73 Å². The summed E-state index contributed by atoms with van der Waals surface area (Å²) < 4.78 is 6.03. The Labute approximate surface area is 115 Å². The van der Waals surface area contributed by atoms with Gasteiger partial charge in [0.15, 0.2) is 0 Å². The Morgan fingerprint density at radius 1 is 1.33 bits per heavy atom. The van der Waals surface area contributed by atoms with E-state index in [4.69, 9.17) is 22.1 Å². The van der Waals surface area contributed by atoms with Crippen LogP contribution in [0.2, 0.25) is 5.02 Å². The predicted octanol–water partition coefficient (Wildman–Crippen LogP) is 4.23. The molecular weight excluding hydrogens is 266 g/mol. The highest BCUT2D eigenvalue weighted by atomic mass is 35.5. The number of aryl methyl sites for hydroxylation is 1. The molecule has 0 amide bonds. The first kappa shape index (κ1) is 12.0. The Hall–Kier alpha value is -1.03. The van der Waals surface area contributed by atoms with Crippen molar-refractivity contribution in [3.8, 4) is 5.75 Å². The first-order valence-corrected chi connectivity index (χ1v) is 7.11. The van der Waals surface area contributed by atoms with Gasteiger partial charge in [-0.3, -0.25) is 0 Å². The van der Waals surface area contributed by atoms with Crippen molar-refractivity contribution in [2.45, 2.75) is 25.5 Å². The number of hydrogen-bond acceptors (Lipinski definition) is 3. The van der Waals surface area contributed by atoms with Gasteiger partial charge in [-0.1, -0.05) is 11.6 Å². The van der Waals surface area contributed by atoms with Crippen LogP contribution in [0, 0.1) is 6.92 Å². The summed E-state index contributed by atoms with van der Waals surface area (Å²) in [6, 6.07) is 9.88. The van der Waals surface area contributed by atoms with Crippen LogP contribution in [0.3, 0.4) is 0 Å². The van der Waals surface area contributed by atoms with Crippen molar-refractivity contribution >= 4 is 22.9 Å². The minimum absolute atomic E-state index is 0.0140. The molecule has 0 saturated heterocycles. The van der Waals surface area contributed by atoms with E-state index in [9.17, 15) is 0 Å². The summed E-state index contributed by atoms with van der Waals surface area (Å²) in [6.45, 7) is 2.10. The minimum atomic E-state index is -0.0140. The number of halogens is 1. The number of nitrogens with two attached hydrogens (primary N) is 1. The van der Waals surface area contributed by atoms with Crippen LogP contribution in [-0.2, 0) is 0 Å². The molecule has 1 unspecified atom stereocenters. The highest BCUT2D eigenvalue weighted by Gasteiger charge is 2.27. The molecule has 0 spiro atoms. The SMILES string of the molecule is Cc1ccc(C2C[C@H](N)c3cc(Cl)ccc3O2)s1. The highest BCUT2D eigenvalue weighted by Crippen LogP contribution is 2.42. The average molecular weight is 280 g/mol. The standard InChI is InChI=1S/C14H14ClNOS/c1-8-2-5-14(18-8)13-7-11(16)10-6-9(15)3-4-12(10)17-13/h2-6,11,13H,7,16H2,1H3/t11-,13?/m0/s1. The summed E-state index contributed by atoms with van der Waals surface area (Å²) in [5, 5.41) is 0.707. The van der Waals surface area contributed by atoms with Gasteiger partial charge in [-0.25, -0.2) is 0 Å². The molecule has 1 aromatic carbocycles. The van der Waals surface area contributed by atoms with Crippen LogP contribution < -0.4 is 10.5 Å². The van der Waals surface area contributed by atoms with Gasteiger partial charge in [-0.2, -0.15) is 0 Å². The molecule has 18 heavy (non-hydrogen) atoms. The molecule has 1 aliphatic rings. The molecule has 0 fully saturated rings. The fourth-order valence-electron chi connectivity index (χ4n) is 2.28. The Balaban J connectivity index is 1.94. The van der Waals surface area contributed by atoms with Gasteiger partial charge < -0.3 is 10.5 Å². The second-order valence-electron chi connectivity index (χ2n) is 4.58. The Morgan fingerprint density at radius 3 is 2.89 bits per heavy atom. The van der Waals surface area contributed by atoms with E-state index in [1.54, 1.807) is 11.3 Å². The van der Waals surface area contributed by atoms with Gasteiger partial charge in [0.05, 0.1) is 0 Å². The average Bonchev–Trinajstić information content (AvgIpc) is 2.77. The van der Waals surface area contributed by atoms with E-state index in [2.05, 4.69) is 19.1 Å². The smallest absolute Gasteiger partial charge is 0.135 e. The fourth-order valence-corrected chi connectivity index (χ4v) is 3.38. The summed E-state index contributed by atoms with van der Waals surface area (Å²) >= 11 is 7.76.